The lowest BCUT2D eigenvalue weighted by Gasteiger charge is -2.09. The summed E-state index contributed by atoms with van der Waals surface area (Å²) in [7, 11) is 2.04. The maximum absolute atomic E-state index is 3.28. The zero-order valence-electron chi connectivity index (χ0n) is 11.5. The molecule has 0 saturated carbocycles. The second kappa shape index (κ2) is 7.78. The van der Waals surface area contributed by atoms with Gasteiger partial charge in [-0.15, -0.1) is 11.8 Å². The zero-order chi connectivity index (χ0) is 12.7. The monoisotopic (exact) mass is 251 g/mol. The van der Waals surface area contributed by atoms with Crippen molar-refractivity contribution in [2.75, 3.05) is 12.8 Å². The molecule has 96 valence electrons. The average molecular weight is 251 g/mol. The lowest BCUT2D eigenvalue weighted by molar-refractivity contribution is 0.539. The van der Waals surface area contributed by atoms with Crippen LogP contribution in [0, 0.1) is 13.8 Å². The van der Waals surface area contributed by atoms with Gasteiger partial charge in [0, 0.05) is 10.9 Å². The number of aryl methyl sites for hydroxylation is 2. The summed E-state index contributed by atoms with van der Waals surface area (Å²) in [5, 5.41) is 3.28. The third-order valence-corrected chi connectivity index (χ3v) is 4.35. The predicted molar refractivity (Wildman–Crippen MR) is 79.0 cm³/mol. The van der Waals surface area contributed by atoms with E-state index < -0.39 is 0 Å². The molecule has 0 bridgehead atoms. The molecule has 0 aromatic heterocycles. The van der Waals surface area contributed by atoms with E-state index in [1.807, 2.05) is 18.8 Å². The average Bonchev–Trinajstić information content (AvgIpc) is 2.33. The van der Waals surface area contributed by atoms with E-state index in [1.165, 1.54) is 41.0 Å². The topological polar surface area (TPSA) is 12.0 Å². The van der Waals surface area contributed by atoms with Gasteiger partial charge in [-0.05, 0) is 69.7 Å². The van der Waals surface area contributed by atoms with Gasteiger partial charge in [-0.3, -0.25) is 0 Å². The summed E-state index contributed by atoms with van der Waals surface area (Å²) >= 11 is 1.98. The van der Waals surface area contributed by atoms with Gasteiger partial charge in [-0.25, -0.2) is 0 Å². The molecule has 1 atom stereocenters. The van der Waals surface area contributed by atoms with Gasteiger partial charge in [0.1, 0.15) is 0 Å². The predicted octanol–water partition coefficient (Wildman–Crippen LogP) is 4.17. The third kappa shape index (κ3) is 5.60. The van der Waals surface area contributed by atoms with E-state index in [4.69, 9.17) is 0 Å². The molecule has 2 heteroatoms. The highest BCUT2D eigenvalue weighted by Gasteiger charge is 1.99. The van der Waals surface area contributed by atoms with Crippen molar-refractivity contribution in [3.63, 3.8) is 0 Å². The van der Waals surface area contributed by atoms with E-state index in [0.29, 0.717) is 6.04 Å². The van der Waals surface area contributed by atoms with Gasteiger partial charge in [0.2, 0.25) is 0 Å². The Balaban J connectivity index is 2.20. The second-order valence-corrected chi connectivity index (χ2v) is 5.95. The number of thioether (sulfide) groups is 1. The number of rotatable bonds is 7. The van der Waals surface area contributed by atoms with Gasteiger partial charge in [0.05, 0.1) is 0 Å². The van der Waals surface area contributed by atoms with Crippen molar-refractivity contribution in [3.05, 3.63) is 29.3 Å². The molecule has 1 nitrogen and oxygen atoms in total. The highest BCUT2D eigenvalue weighted by atomic mass is 32.2. The molecule has 0 heterocycles. The molecule has 17 heavy (non-hydrogen) atoms. The summed E-state index contributed by atoms with van der Waals surface area (Å²) in [6, 6.07) is 7.42. The fraction of sp³-hybridized carbons (Fsp3) is 0.600. The van der Waals surface area contributed by atoms with E-state index in [2.05, 4.69) is 44.3 Å². The van der Waals surface area contributed by atoms with Crippen molar-refractivity contribution in [1.29, 1.82) is 0 Å². The quantitative estimate of drug-likeness (QED) is 0.576. The summed E-state index contributed by atoms with van der Waals surface area (Å²) in [5.74, 6) is 1.24. The van der Waals surface area contributed by atoms with E-state index >= 15 is 0 Å². The van der Waals surface area contributed by atoms with Crippen LogP contribution in [0.2, 0.25) is 0 Å². The minimum Gasteiger partial charge on any atom is -0.317 e. The first kappa shape index (κ1) is 14.6. The summed E-state index contributed by atoms with van der Waals surface area (Å²) < 4.78 is 0. The Morgan fingerprint density at radius 1 is 1.18 bits per heavy atom. The Kier molecular flexibility index (Phi) is 6.68. The maximum atomic E-state index is 3.28. The van der Waals surface area contributed by atoms with Crippen LogP contribution < -0.4 is 5.32 Å². The molecule has 1 aromatic carbocycles. The van der Waals surface area contributed by atoms with Crippen LogP contribution in [0.5, 0.6) is 0 Å². The van der Waals surface area contributed by atoms with Crippen molar-refractivity contribution in [1.82, 2.24) is 5.32 Å². The molecule has 1 N–H and O–H groups in total. The Morgan fingerprint density at radius 3 is 2.59 bits per heavy atom. The summed E-state index contributed by atoms with van der Waals surface area (Å²) in [6.07, 6.45) is 3.91. The summed E-state index contributed by atoms with van der Waals surface area (Å²) in [5.41, 5.74) is 2.79. The summed E-state index contributed by atoms with van der Waals surface area (Å²) in [4.78, 5) is 1.41. The normalized spacial score (nSPS) is 12.7. The molecule has 0 fully saturated rings. The highest BCUT2D eigenvalue weighted by molar-refractivity contribution is 7.99. The van der Waals surface area contributed by atoms with Crippen molar-refractivity contribution in [3.8, 4) is 0 Å². The SMILES string of the molecule is CNC(C)CCCCSc1ccc(C)c(C)c1. The van der Waals surface area contributed by atoms with E-state index in [9.17, 15) is 0 Å². The molecule has 0 radical (unpaired) electrons. The standard InChI is InChI=1S/C15H25NS/c1-12-8-9-15(11-13(12)2)17-10-6-5-7-14(3)16-4/h8-9,11,14,16H,5-7,10H2,1-4H3. The molecule has 1 aromatic rings. The van der Waals surface area contributed by atoms with Gasteiger partial charge >= 0.3 is 0 Å². The van der Waals surface area contributed by atoms with Gasteiger partial charge in [0.15, 0.2) is 0 Å². The second-order valence-electron chi connectivity index (χ2n) is 4.78. The summed E-state index contributed by atoms with van der Waals surface area (Å²) in [6.45, 7) is 6.60. The minimum absolute atomic E-state index is 0.654. The Morgan fingerprint density at radius 2 is 1.94 bits per heavy atom. The maximum Gasteiger partial charge on any atom is 0.00747 e. The van der Waals surface area contributed by atoms with Crippen molar-refractivity contribution >= 4 is 11.8 Å². The third-order valence-electron chi connectivity index (χ3n) is 3.27. The Bertz CT molecular complexity index is 336. The van der Waals surface area contributed by atoms with Gasteiger partial charge in [-0.2, -0.15) is 0 Å². The fourth-order valence-corrected chi connectivity index (χ4v) is 2.70. The molecule has 0 amide bonds. The number of benzene rings is 1. The first-order chi connectivity index (χ1) is 8.13. The first-order valence-electron chi connectivity index (χ1n) is 6.51. The van der Waals surface area contributed by atoms with Gasteiger partial charge < -0.3 is 5.32 Å². The number of hydrogen-bond donors (Lipinski definition) is 1. The van der Waals surface area contributed by atoms with Crippen LogP contribution in [0.4, 0.5) is 0 Å². The Hall–Kier alpha value is -0.470. The smallest absolute Gasteiger partial charge is 0.00747 e. The molecule has 1 unspecified atom stereocenters. The van der Waals surface area contributed by atoms with E-state index in [0.717, 1.165) is 0 Å². The largest absolute Gasteiger partial charge is 0.317 e. The molecule has 0 spiro atoms. The lowest BCUT2D eigenvalue weighted by atomic mass is 10.1. The van der Waals surface area contributed by atoms with E-state index in [1.54, 1.807) is 0 Å². The van der Waals surface area contributed by atoms with Gasteiger partial charge in [-0.1, -0.05) is 12.5 Å². The number of hydrogen-bond acceptors (Lipinski definition) is 2. The van der Waals surface area contributed by atoms with Crippen LogP contribution in [0.1, 0.15) is 37.3 Å². The van der Waals surface area contributed by atoms with Crippen LogP contribution in [0.25, 0.3) is 0 Å². The Labute approximate surface area is 110 Å². The molecular formula is C15H25NS. The minimum atomic E-state index is 0.654. The van der Waals surface area contributed by atoms with Crippen LogP contribution in [0.15, 0.2) is 23.1 Å². The molecule has 1 rings (SSSR count). The molecule has 0 aliphatic rings. The van der Waals surface area contributed by atoms with Crippen LogP contribution in [0.3, 0.4) is 0 Å². The van der Waals surface area contributed by atoms with Crippen LogP contribution >= 0.6 is 11.8 Å². The van der Waals surface area contributed by atoms with Crippen molar-refractivity contribution < 1.29 is 0 Å². The fourth-order valence-electron chi connectivity index (χ4n) is 1.69. The molecule has 0 aliphatic heterocycles. The molecular weight excluding hydrogens is 226 g/mol. The number of unbranched alkanes of at least 4 members (excludes halogenated alkanes) is 1. The van der Waals surface area contributed by atoms with Crippen molar-refractivity contribution in [2.24, 2.45) is 0 Å². The number of nitrogens with one attached hydrogen (secondary N) is 1. The zero-order valence-corrected chi connectivity index (χ0v) is 12.4. The first-order valence-corrected chi connectivity index (χ1v) is 7.49. The van der Waals surface area contributed by atoms with E-state index in [-0.39, 0.29) is 0 Å². The molecule has 0 aliphatic carbocycles. The van der Waals surface area contributed by atoms with Crippen molar-refractivity contribution in [2.45, 2.75) is 51.0 Å². The van der Waals surface area contributed by atoms with Crippen LogP contribution in [-0.2, 0) is 0 Å². The molecule has 0 saturated heterocycles. The van der Waals surface area contributed by atoms with Crippen LogP contribution in [-0.4, -0.2) is 18.8 Å². The lowest BCUT2D eigenvalue weighted by Crippen LogP contribution is -2.20. The van der Waals surface area contributed by atoms with Gasteiger partial charge in [0.25, 0.3) is 0 Å². The highest BCUT2D eigenvalue weighted by Crippen LogP contribution is 2.22.